The Hall–Kier alpha value is -3.86. The average molecular weight is 480 g/mol. The Kier molecular flexibility index (Phi) is 6.82. The molecule has 4 aromatic rings. The lowest BCUT2D eigenvalue weighted by atomic mass is 10.2. The largest absolute Gasteiger partial charge is 0.494 e. The molecule has 1 N–H and O–H groups in total. The first kappa shape index (κ1) is 23.3. The highest BCUT2D eigenvalue weighted by Crippen LogP contribution is 2.37. The Morgan fingerprint density at radius 2 is 1.65 bits per heavy atom. The van der Waals surface area contributed by atoms with E-state index >= 15 is 0 Å². The zero-order chi connectivity index (χ0) is 24.2. The molecule has 0 bridgehead atoms. The molecule has 34 heavy (non-hydrogen) atoms. The molecule has 2 unspecified atom stereocenters. The molecular formula is C23H25N7O3S. The summed E-state index contributed by atoms with van der Waals surface area (Å²) in [5.74, 6) is 2.25. The molecular weight excluding hydrogens is 454 g/mol. The quantitative estimate of drug-likeness (QED) is 0.407. The van der Waals surface area contributed by atoms with Gasteiger partial charge in [0.1, 0.15) is 39.2 Å². The van der Waals surface area contributed by atoms with Gasteiger partial charge in [-0.2, -0.15) is 0 Å². The van der Waals surface area contributed by atoms with E-state index in [1.54, 1.807) is 62.6 Å². The lowest BCUT2D eigenvalue weighted by Crippen LogP contribution is -2.17. The van der Waals surface area contributed by atoms with Crippen molar-refractivity contribution in [3.63, 3.8) is 0 Å². The fourth-order valence-electron chi connectivity index (χ4n) is 3.37. The van der Waals surface area contributed by atoms with Crippen LogP contribution in [0, 0.1) is 13.8 Å². The Morgan fingerprint density at radius 3 is 2.26 bits per heavy atom. The van der Waals surface area contributed by atoms with Gasteiger partial charge in [-0.15, -0.1) is 10.2 Å². The number of aromatic nitrogens is 6. The number of hydrogen-bond donors (Lipinski definition) is 1. The maximum Gasteiger partial charge on any atom is 0.241 e. The van der Waals surface area contributed by atoms with Crippen LogP contribution in [0.3, 0.4) is 0 Å². The number of anilines is 1. The van der Waals surface area contributed by atoms with Crippen molar-refractivity contribution in [3.05, 3.63) is 66.0 Å². The fourth-order valence-corrected chi connectivity index (χ4v) is 4.17. The minimum Gasteiger partial charge on any atom is -0.494 e. The molecule has 0 radical (unpaired) electrons. The number of benzene rings is 1. The van der Waals surface area contributed by atoms with Crippen molar-refractivity contribution in [2.45, 2.75) is 26.0 Å². The van der Waals surface area contributed by atoms with Gasteiger partial charge in [0.15, 0.2) is 5.82 Å². The molecule has 176 valence electrons. The zero-order valence-electron chi connectivity index (χ0n) is 19.5. The van der Waals surface area contributed by atoms with Crippen LogP contribution in [0.15, 0.2) is 49.1 Å². The summed E-state index contributed by atoms with van der Waals surface area (Å²) in [5, 5.41) is 8.19. The molecule has 11 heteroatoms. The minimum atomic E-state index is -1.62. The summed E-state index contributed by atoms with van der Waals surface area (Å²) in [7, 11) is 1.52. The summed E-state index contributed by atoms with van der Waals surface area (Å²) in [6.45, 7) is 5.62. The number of methoxy groups -OCH3 is 2. The molecule has 3 aromatic heterocycles. The number of hydrogen-bond acceptors (Lipinski definition) is 8. The molecule has 1 aromatic carbocycles. The van der Waals surface area contributed by atoms with Crippen molar-refractivity contribution >= 4 is 16.9 Å². The van der Waals surface area contributed by atoms with Crippen LogP contribution in [0.1, 0.15) is 29.1 Å². The van der Waals surface area contributed by atoms with Gasteiger partial charge < -0.3 is 9.47 Å². The third-order valence-corrected chi connectivity index (χ3v) is 6.34. The zero-order valence-corrected chi connectivity index (χ0v) is 20.3. The van der Waals surface area contributed by atoms with Gasteiger partial charge in [-0.1, -0.05) is 6.07 Å². The summed E-state index contributed by atoms with van der Waals surface area (Å²) in [5.41, 5.74) is 3.18. The van der Waals surface area contributed by atoms with Gasteiger partial charge in [-0.25, -0.2) is 14.2 Å². The number of aryl methyl sites for hydroxylation is 2. The first-order valence-electron chi connectivity index (χ1n) is 10.5. The van der Waals surface area contributed by atoms with Crippen LogP contribution in [-0.4, -0.2) is 48.1 Å². The third-order valence-electron chi connectivity index (χ3n) is 5.10. The predicted molar refractivity (Wildman–Crippen MR) is 129 cm³/mol. The van der Waals surface area contributed by atoms with Crippen LogP contribution < -0.4 is 14.2 Å². The standard InChI is InChI=1S/C23H25N7O3S/c1-14-9-17(13-24-10-14)22-27-28-23(29-34(31)16(3)21-25-11-15(2)12-26-21)30(22)20-18(32-4)7-6-8-19(20)33-5/h6-13,16H,1-5H3,(H,28,29). The predicted octanol–water partition coefficient (Wildman–Crippen LogP) is 3.59. The molecule has 3 heterocycles. The number of nitrogens with zero attached hydrogens (tertiary/aromatic N) is 6. The Labute approximate surface area is 200 Å². The summed E-state index contributed by atoms with van der Waals surface area (Å²) < 4.78 is 29.2. The van der Waals surface area contributed by atoms with E-state index in [9.17, 15) is 4.21 Å². The van der Waals surface area contributed by atoms with Gasteiger partial charge in [-0.3, -0.25) is 14.3 Å². The summed E-state index contributed by atoms with van der Waals surface area (Å²) in [6.07, 6.45) is 6.84. The Morgan fingerprint density at radius 1 is 0.971 bits per heavy atom. The molecule has 0 aliphatic heterocycles. The molecule has 0 amide bonds. The van der Waals surface area contributed by atoms with Gasteiger partial charge in [0, 0.05) is 30.4 Å². The number of rotatable bonds is 8. The van der Waals surface area contributed by atoms with Gasteiger partial charge in [0.25, 0.3) is 0 Å². The molecule has 0 spiro atoms. The van der Waals surface area contributed by atoms with Crippen LogP contribution >= 0.6 is 0 Å². The number of para-hydroxylation sites is 1. The van der Waals surface area contributed by atoms with Crippen molar-refractivity contribution < 1.29 is 13.7 Å². The lowest BCUT2D eigenvalue weighted by Gasteiger charge is -2.18. The van der Waals surface area contributed by atoms with Crippen LogP contribution in [0.5, 0.6) is 11.5 Å². The van der Waals surface area contributed by atoms with Gasteiger partial charge in [-0.05, 0) is 50.1 Å². The molecule has 10 nitrogen and oxygen atoms in total. The highest BCUT2D eigenvalue weighted by atomic mass is 32.2. The van der Waals surface area contributed by atoms with E-state index in [4.69, 9.17) is 9.47 Å². The van der Waals surface area contributed by atoms with Crippen LogP contribution in [0.2, 0.25) is 0 Å². The molecule has 2 atom stereocenters. The second-order valence-electron chi connectivity index (χ2n) is 7.61. The molecule has 4 rings (SSSR count). The van der Waals surface area contributed by atoms with E-state index in [-0.39, 0.29) is 5.95 Å². The normalized spacial score (nSPS) is 12.7. The molecule has 0 aliphatic carbocycles. The van der Waals surface area contributed by atoms with Crippen molar-refractivity contribution in [2.75, 3.05) is 18.9 Å². The summed E-state index contributed by atoms with van der Waals surface area (Å²) >= 11 is 0. The van der Waals surface area contributed by atoms with E-state index in [1.807, 2.05) is 26.0 Å². The van der Waals surface area contributed by atoms with E-state index in [1.165, 1.54) is 0 Å². The van der Waals surface area contributed by atoms with E-state index in [2.05, 4.69) is 29.9 Å². The Bertz CT molecular complexity index is 1300. The SMILES string of the molecule is COc1cccc(OC)c1-n1c(NS(=O)C(C)c2ncc(C)cn2)nnc1-c1cncc(C)c1. The number of ether oxygens (including phenoxy) is 2. The van der Waals surface area contributed by atoms with E-state index < -0.39 is 16.2 Å². The van der Waals surface area contributed by atoms with E-state index in [0.717, 1.165) is 16.7 Å². The highest BCUT2D eigenvalue weighted by Gasteiger charge is 2.25. The van der Waals surface area contributed by atoms with Gasteiger partial charge >= 0.3 is 0 Å². The second-order valence-corrected chi connectivity index (χ2v) is 9.11. The van der Waals surface area contributed by atoms with Crippen LogP contribution in [-0.2, 0) is 11.0 Å². The molecule has 0 saturated carbocycles. The monoisotopic (exact) mass is 479 g/mol. The van der Waals surface area contributed by atoms with Crippen LogP contribution in [0.25, 0.3) is 17.1 Å². The maximum absolute atomic E-state index is 13.3. The van der Waals surface area contributed by atoms with Crippen molar-refractivity contribution in [1.82, 2.24) is 29.7 Å². The van der Waals surface area contributed by atoms with Crippen molar-refractivity contribution in [1.29, 1.82) is 0 Å². The van der Waals surface area contributed by atoms with Gasteiger partial charge in [0.2, 0.25) is 5.95 Å². The molecule has 0 fully saturated rings. The topological polar surface area (TPSA) is 117 Å². The fraction of sp³-hybridized carbons (Fsp3) is 0.261. The summed E-state index contributed by atoms with van der Waals surface area (Å²) in [6, 6.07) is 7.37. The van der Waals surface area contributed by atoms with Crippen molar-refractivity contribution in [3.8, 4) is 28.6 Å². The number of pyridine rings is 1. The molecule has 0 aliphatic rings. The Balaban J connectivity index is 1.83. The highest BCUT2D eigenvalue weighted by molar-refractivity contribution is 7.86. The second kappa shape index (κ2) is 9.96. The maximum atomic E-state index is 13.3. The van der Waals surface area contributed by atoms with Crippen LogP contribution in [0.4, 0.5) is 5.95 Å². The average Bonchev–Trinajstić information content (AvgIpc) is 3.26. The first-order chi connectivity index (χ1) is 16.4. The van der Waals surface area contributed by atoms with Gasteiger partial charge in [0.05, 0.1) is 14.2 Å². The van der Waals surface area contributed by atoms with Crippen molar-refractivity contribution in [2.24, 2.45) is 0 Å². The summed E-state index contributed by atoms with van der Waals surface area (Å²) in [4.78, 5) is 12.9. The smallest absolute Gasteiger partial charge is 0.241 e. The lowest BCUT2D eigenvalue weighted by molar-refractivity contribution is 0.391. The molecule has 0 saturated heterocycles. The number of nitrogens with one attached hydrogen (secondary N) is 1. The van der Waals surface area contributed by atoms with E-state index in [0.29, 0.717) is 28.8 Å². The first-order valence-corrected chi connectivity index (χ1v) is 11.7. The minimum absolute atomic E-state index is 0.247. The third kappa shape index (κ3) is 4.60.